The predicted molar refractivity (Wildman–Crippen MR) is 101 cm³/mol. The van der Waals surface area contributed by atoms with E-state index in [1.54, 1.807) is 12.1 Å². The van der Waals surface area contributed by atoms with Crippen molar-refractivity contribution in [1.29, 1.82) is 0 Å². The summed E-state index contributed by atoms with van der Waals surface area (Å²) < 4.78 is 18.8. The molecular formula is C19H26FN5O2. The smallest absolute Gasteiger partial charge is 0.314 e. The van der Waals surface area contributed by atoms with Crippen molar-refractivity contribution >= 4 is 17.5 Å². The van der Waals surface area contributed by atoms with Crippen LogP contribution in [0.1, 0.15) is 31.1 Å². The van der Waals surface area contributed by atoms with Crippen LogP contribution in [-0.4, -0.2) is 42.3 Å². The molecule has 3 N–H and O–H groups in total. The molecule has 0 spiro atoms. The summed E-state index contributed by atoms with van der Waals surface area (Å²) in [7, 11) is 0. The molecule has 0 bridgehead atoms. The monoisotopic (exact) mass is 375 g/mol. The van der Waals surface area contributed by atoms with Crippen LogP contribution in [0.4, 0.5) is 20.7 Å². The van der Waals surface area contributed by atoms with E-state index in [-0.39, 0.29) is 11.8 Å². The molecule has 7 nitrogen and oxygen atoms in total. The highest BCUT2D eigenvalue weighted by atomic mass is 19.1. The average molecular weight is 375 g/mol. The highest BCUT2D eigenvalue weighted by Gasteiger charge is 2.24. The Kier molecular flexibility index (Phi) is 6.64. The molecule has 0 aliphatic carbocycles. The molecule has 146 valence electrons. The maximum absolute atomic E-state index is 13.4. The van der Waals surface area contributed by atoms with Gasteiger partial charge in [0.15, 0.2) is 5.82 Å². The number of anilines is 2. The number of nitrogens with zero attached hydrogens (tertiary/aromatic N) is 2. The third-order valence-corrected chi connectivity index (χ3v) is 4.52. The lowest BCUT2D eigenvalue weighted by Crippen LogP contribution is -2.36. The fourth-order valence-electron chi connectivity index (χ4n) is 3.14. The molecule has 3 rings (SSSR count). The molecule has 27 heavy (non-hydrogen) atoms. The standard InChI is InChI=1S/C19H26FN5O2/c1-2-21-19(26)22-9-3-4-10-25-11-8-17-16(13-25)18(24-27-17)23-15-7-5-6-14(20)12-15/h5-7,12H,2-4,8-11,13H2,1H3,(H,23,24)(H2,21,22,26). The fourth-order valence-corrected chi connectivity index (χ4v) is 3.14. The highest BCUT2D eigenvalue weighted by molar-refractivity contribution is 5.73. The second kappa shape index (κ2) is 9.36. The Morgan fingerprint density at radius 3 is 3.04 bits per heavy atom. The van der Waals surface area contributed by atoms with Crippen LogP contribution >= 0.6 is 0 Å². The van der Waals surface area contributed by atoms with Gasteiger partial charge in [0.2, 0.25) is 0 Å². The number of urea groups is 1. The maximum Gasteiger partial charge on any atom is 0.314 e. The average Bonchev–Trinajstić information content (AvgIpc) is 3.04. The zero-order valence-corrected chi connectivity index (χ0v) is 15.6. The lowest BCUT2D eigenvalue weighted by Gasteiger charge is -2.26. The molecule has 0 fully saturated rings. The van der Waals surface area contributed by atoms with E-state index in [9.17, 15) is 9.18 Å². The van der Waals surface area contributed by atoms with Crippen molar-refractivity contribution in [2.45, 2.75) is 32.7 Å². The second-order valence-electron chi connectivity index (χ2n) is 6.59. The van der Waals surface area contributed by atoms with Crippen molar-refractivity contribution in [3.63, 3.8) is 0 Å². The van der Waals surface area contributed by atoms with Gasteiger partial charge in [-0.3, -0.25) is 4.90 Å². The molecule has 0 atom stereocenters. The van der Waals surface area contributed by atoms with Crippen LogP contribution in [-0.2, 0) is 13.0 Å². The maximum atomic E-state index is 13.4. The molecule has 1 aliphatic heterocycles. The van der Waals surface area contributed by atoms with Gasteiger partial charge < -0.3 is 20.5 Å². The zero-order chi connectivity index (χ0) is 19.1. The van der Waals surface area contributed by atoms with Crippen LogP contribution in [0.2, 0.25) is 0 Å². The number of hydrogen-bond donors (Lipinski definition) is 3. The van der Waals surface area contributed by atoms with Crippen molar-refractivity contribution in [1.82, 2.24) is 20.7 Å². The van der Waals surface area contributed by atoms with Gasteiger partial charge in [0.05, 0.1) is 5.56 Å². The Balaban J connectivity index is 1.47. The van der Waals surface area contributed by atoms with E-state index in [0.29, 0.717) is 24.6 Å². The number of nitrogens with one attached hydrogen (secondary N) is 3. The van der Waals surface area contributed by atoms with Gasteiger partial charge in [0.25, 0.3) is 0 Å². The SMILES string of the molecule is CCNC(=O)NCCCCN1CCc2onc(Nc3cccc(F)c3)c2C1. The summed E-state index contributed by atoms with van der Waals surface area (Å²) in [6.07, 6.45) is 2.74. The van der Waals surface area contributed by atoms with Gasteiger partial charge in [-0.2, -0.15) is 0 Å². The molecule has 0 saturated heterocycles. The van der Waals surface area contributed by atoms with Crippen LogP contribution in [0.25, 0.3) is 0 Å². The topological polar surface area (TPSA) is 82.4 Å². The van der Waals surface area contributed by atoms with Crippen molar-refractivity contribution in [2.24, 2.45) is 0 Å². The number of hydrogen-bond acceptors (Lipinski definition) is 5. The number of amides is 2. The third-order valence-electron chi connectivity index (χ3n) is 4.52. The Morgan fingerprint density at radius 1 is 1.33 bits per heavy atom. The van der Waals surface area contributed by atoms with E-state index < -0.39 is 0 Å². The normalized spacial score (nSPS) is 13.9. The lowest BCUT2D eigenvalue weighted by atomic mass is 10.1. The fraction of sp³-hybridized carbons (Fsp3) is 0.474. The number of aromatic nitrogens is 1. The van der Waals surface area contributed by atoms with Gasteiger partial charge in [-0.05, 0) is 44.5 Å². The first-order valence-electron chi connectivity index (χ1n) is 9.39. The summed E-state index contributed by atoms with van der Waals surface area (Å²) in [4.78, 5) is 13.7. The number of carbonyl (C=O) groups is 1. The summed E-state index contributed by atoms with van der Waals surface area (Å²) in [5.41, 5.74) is 1.69. The minimum atomic E-state index is -0.291. The number of unbranched alkanes of at least 4 members (excludes halogenated alkanes) is 1. The molecule has 1 aromatic heterocycles. The number of carbonyl (C=O) groups excluding carboxylic acids is 1. The molecule has 0 saturated carbocycles. The van der Waals surface area contributed by atoms with Gasteiger partial charge in [-0.15, -0.1) is 0 Å². The number of halogens is 1. The van der Waals surface area contributed by atoms with Crippen molar-refractivity contribution in [3.8, 4) is 0 Å². The van der Waals surface area contributed by atoms with Gasteiger partial charge >= 0.3 is 6.03 Å². The van der Waals surface area contributed by atoms with E-state index in [1.807, 2.05) is 6.92 Å². The van der Waals surface area contributed by atoms with Gasteiger partial charge in [0.1, 0.15) is 11.6 Å². The first-order chi connectivity index (χ1) is 13.2. The first-order valence-corrected chi connectivity index (χ1v) is 9.39. The Bertz CT molecular complexity index is 764. The molecule has 1 aliphatic rings. The van der Waals surface area contributed by atoms with Crippen LogP contribution in [0.15, 0.2) is 28.8 Å². The van der Waals surface area contributed by atoms with E-state index >= 15 is 0 Å². The molecule has 0 unspecified atom stereocenters. The van der Waals surface area contributed by atoms with Gasteiger partial charge in [-0.1, -0.05) is 11.2 Å². The largest absolute Gasteiger partial charge is 0.359 e. The van der Waals surface area contributed by atoms with Gasteiger partial charge in [0, 0.05) is 38.3 Å². The number of benzene rings is 1. The van der Waals surface area contributed by atoms with Crippen LogP contribution in [0, 0.1) is 5.82 Å². The zero-order valence-electron chi connectivity index (χ0n) is 15.6. The molecule has 2 aromatic rings. The first kappa shape index (κ1) is 19.2. The Hall–Kier alpha value is -2.61. The van der Waals surface area contributed by atoms with Crippen molar-refractivity contribution < 1.29 is 13.7 Å². The highest BCUT2D eigenvalue weighted by Crippen LogP contribution is 2.28. The summed E-state index contributed by atoms with van der Waals surface area (Å²) in [5.74, 6) is 1.25. The summed E-state index contributed by atoms with van der Waals surface area (Å²) in [5, 5.41) is 12.8. The molecule has 1 aromatic carbocycles. The van der Waals surface area contributed by atoms with E-state index in [1.165, 1.54) is 12.1 Å². The Morgan fingerprint density at radius 2 is 2.22 bits per heavy atom. The molecule has 8 heteroatoms. The van der Waals surface area contributed by atoms with Crippen LogP contribution in [0.3, 0.4) is 0 Å². The van der Waals surface area contributed by atoms with Gasteiger partial charge in [-0.25, -0.2) is 9.18 Å². The lowest BCUT2D eigenvalue weighted by molar-refractivity contribution is 0.230. The summed E-state index contributed by atoms with van der Waals surface area (Å²) >= 11 is 0. The quantitative estimate of drug-likeness (QED) is 0.618. The van der Waals surface area contributed by atoms with Crippen LogP contribution in [0.5, 0.6) is 0 Å². The molecule has 0 radical (unpaired) electrons. The van der Waals surface area contributed by atoms with E-state index in [2.05, 4.69) is 26.0 Å². The molecule has 2 heterocycles. The van der Waals surface area contributed by atoms with Crippen molar-refractivity contribution in [2.75, 3.05) is 31.5 Å². The minimum Gasteiger partial charge on any atom is -0.359 e. The van der Waals surface area contributed by atoms with Crippen molar-refractivity contribution in [3.05, 3.63) is 41.4 Å². The number of fused-ring (bicyclic) bond motifs is 1. The summed E-state index contributed by atoms with van der Waals surface area (Å²) in [6, 6.07) is 6.19. The molecular weight excluding hydrogens is 349 g/mol. The minimum absolute atomic E-state index is 0.113. The Labute approximate surface area is 158 Å². The predicted octanol–water partition coefficient (Wildman–Crippen LogP) is 3.01. The second-order valence-corrected chi connectivity index (χ2v) is 6.59. The molecule has 2 amide bonds. The summed E-state index contributed by atoms with van der Waals surface area (Å²) in [6.45, 7) is 5.82. The third kappa shape index (κ3) is 5.43. The van der Waals surface area contributed by atoms with Crippen LogP contribution < -0.4 is 16.0 Å². The number of rotatable bonds is 8. The van der Waals surface area contributed by atoms with E-state index in [0.717, 1.165) is 50.2 Å². The van der Waals surface area contributed by atoms with E-state index in [4.69, 9.17) is 4.52 Å².